The van der Waals surface area contributed by atoms with E-state index in [-0.39, 0.29) is 24.9 Å². The van der Waals surface area contributed by atoms with Crippen LogP contribution in [0.2, 0.25) is 5.02 Å². The second-order valence-electron chi connectivity index (χ2n) is 8.30. The molecule has 1 aromatic heterocycles. The number of rotatable bonds is 6. The summed E-state index contributed by atoms with van der Waals surface area (Å²) in [6, 6.07) is 12.2. The molecular formula is C24H25ClN4O4. The summed E-state index contributed by atoms with van der Waals surface area (Å²) in [5.41, 5.74) is 1.46. The van der Waals surface area contributed by atoms with E-state index in [9.17, 15) is 9.59 Å². The fourth-order valence-electron chi connectivity index (χ4n) is 4.24. The summed E-state index contributed by atoms with van der Waals surface area (Å²) in [6.07, 6.45) is 2.35. The third-order valence-corrected chi connectivity index (χ3v) is 6.39. The molecule has 1 fully saturated rings. The molecule has 0 saturated carbocycles. The van der Waals surface area contributed by atoms with Crippen LogP contribution in [0, 0.1) is 0 Å². The van der Waals surface area contributed by atoms with Gasteiger partial charge < -0.3 is 29.6 Å². The number of halogens is 1. The number of nitrogens with one attached hydrogen (secondary N) is 2. The normalized spacial score (nSPS) is 15.2. The van der Waals surface area contributed by atoms with Crippen LogP contribution in [-0.4, -0.2) is 53.8 Å². The first-order valence-corrected chi connectivity index (χ1v) is 11.4. The molecule has 0 aliphatic carbocycles. The average molecular weight is 469 g/mol. The van der Waals surface area contributed by atoms with Crippen LogP contribution in [0.25, 0.3) is 10.9 Å². The number of benzene rings is 2. The Bertz CT molecular complexity index is 1240. The van der Waals surface area contributed by atoms with Gasteiger partial charge in [-0.05, 0) is 50.2 Å². The first-order valence-electron chi connectivity index (χ1n) is 11.1. The first kappa shape index (κ1) is 21.6. The third-order valence-electron chi connectivity index (χ3n) is 6.06. The molecule has 2 N–H and O–H groups in total. The number of nitrogens with zero attached hydrogens (tertiary/aromatic N) is 2. The van der Waals surface area contributed by atoms with Crippen molar-refractivity contribution in [3.8, 4) is 11.5 Å². The predicted molar refractivity (Wildman–Crippen MR) is 127 cm³/mol. The van der Waals surface area contributed by atoms with Crippen LogP contribution in [0.5, 0.6) is 11.5 Å². The standard InChI is InChI=1S/C24H25ClN4O4/c25-18-5-1-2-6-19(18)27-24(31)29(10-9-28-7-3-4-8-28)14-17-11-16-12-21-22(33-15-32-21)13-20(16)26-23(17)30/h1-2,5-6,11-13H,3-4,7-10,14-15H2,(H,26,30)(H,27,31). The highest BCUT2D eigenvalue weighted by molar-refractivity contribution is 6.33. The second kappa shape index (κ2) is 9.33. The molecule has 5 rings (SSSR count). The van der Waals surface area contributed by atoms with E-state index in [0.717, 1.165) is 25.0 Å². The number of hydrogen-bond donors (Lipinski definition) is 2. The Hall–Kier alpha value is -3.23. The molecule has 0 unspecified atom stereocenters. The number of aromatic amines is 1. The highest BCUT2D eigenvalue weighted by Gasteiger charge is 2.21. The molecule has 0 radical (unpaired) electrons. The highest BCUT2D eigenvalue weighted by Crippen LogP contribution is 2.35. The largest absolute Gasteiger partial charge is 0.454 e. The van der Waals surface area contributed by atoms with Crippen molar-refractivity contribution in [2.24, 2.45) is 0 Å². The number of carbonyl (C=O) groups is 1. The number of hydrogen-bond acceptors (Lipinski definition) is 5. The van der Waals surface area contributed by atoms with E-state index in [2.05, 4.69) is 15.2 Å². The van der Waals surface area contributed by atoms with Crippen LogP contribution in [0.15, 0.2) is 47.3 Å². The number of anilines is 1. The minimum Gasteiger partial charge on any atom is -0.454 e. The zero-order chi connectivity index (χ0) is 22.8. The number of aromatic nitrogens is 1. The molecule has 1 saturated heterocycles. The van der Waals surface area contributed by atoms with Crippen LogP contribution in [-0.2, 0) is 6.54 Å². The van der Waals surface area contributed by atoms with Gasteiger partial charge in [0.1, 0.15) is 0 Å². The lowest BCUT2D eigenvalue weighted by molar-refractivity contribution is 0.174. The Labute approximate surface area is 196 Å². The number of amides is 2. The number of carbonyl (C=O) groups excluding carboxylic acids is 1. The zero-order valence-electron chi connectivity index (χ0n) is 18.1. The maximum Gasteiger partial charge on any atom is 0.322 e. The van der Waals surface area contributed by atoms with Gasteiger partial charge in [-0.1, -0.05) is 23.7 Å². The summed E-state index contributed by atoms with van der Waals surface area (Å²) in [5.74, 6) is 1.25. The fraction of sp³-hybridized carbons (Fsp3) is 0.333. The minimum atomic E-state index is -0.299. The smallest absolute Gasteiger partial charge is 0.322 e. The quantitative estimate of drug-likeness (QED) is 0.570. The molecule has 33 heavy (non-hydrogen) atoms. The monoisotopic (exact) mass is 468 g/mol. The SMILES string of the molecule is O=C(Nc1ccccc1Cl)N(CCN1CCCC1)Cc1cc2cc3c(cc2[nH]c1=O)OCO3. The molecule has 3 aromatic rings. The maximum atomic E-state index is 13.2. The molecule has 172 valence electrons. The van der Waals surface area contributed by atoms with E-state index in [1.165, 1.54) is 12.8 Å². The summed E-state index contributed by atoms with van der Waals surface area (Å²) in [6.45, 7) is 3.64. The van der Waals surface area contributed by atoms with Gasteiger partial charge in [-0.25, -0.2) is 4.79 Å². The van der Waals surface area contributed by atoms with Gasteiger partial charge in [0.25, 0.3) is 5.56 Å². The van der Waals surface area contributed by atoms with Gasteiger partial charge in [0.2, 0.25) is 6.79 Å². The van der Waals surface area contributed by atoms with Crippen molar-refractivity contribution < 1.29 is 14.3 Å². The van der Waals surface area contributed by atoms with Crippen LogP contribution in [0.4, 0.5) is 10.5 Å². The Kier molecular flexibility index (Phi) is 6.11. The Morgan fingerprint density at radius 2 is 1.88 bits per heavy atom. The van der Waals surface area contributed by atoms with Crippen molar-refractivity contribution in [2.75, 3.05) is 38.3 Å². The molecule has 2 aliphatic rings. The molecule has 2 aromatic carbocycles. The van der Waals surface area contributed by atoms with Gasteiger partial charge in [-0.3, -0.25) is 4.79 Å². The van der Waals surface area contributed by atoms with E-state index in [4.69, 9.17) is 21.1 Å². The maximum absolute atomic E-state index is 13.2. The van der Waals surface area contributed by atoms with E-state index in [1.807, 2.05) is 24.3 Å². The zero-order valence-corrected chi connectivity index (χ0v) is 18.9. The third kappa shape index (κ3) is 4.77. The number of fused-ring (bicyclic) bond motifs is 2. The van der Waals surface area contributed by atoms with E-state index >= 15 is 0 Å². The van der Waals surface area contributed by atoms with Crippen molar-refractivity contribution >= 4 is 34.2 Å². The van der Waals surface area contributed by atoms with Gasteiger partial charge in [-0.15, -0.1) is 0 Å². The lowest BCUT2D eigenvalue weighted by atomic mass is 10.1. The minimum absolute atomic E-state index is 0.162. The van der Waals surface area contributed by atoms with E-state index < -0.39 is 0 Å². The van der Waals surface area contributed by atoms with Crippen LogP contribution in [0.3, 0.4) is 0 Å². The number of pyridine rings is 1. The van der Waals surface area contributed by atoms with Crippen molar-refractivity contribution in [1.82, 2.24) is 14.8 Å². The first-order chi connectivity index (χ1) is 16.1. The predicted octanol–water partition coefficient (Wildman–Crippen LogP) is 4.04. The van der Waals surface area contributed by atoms with Crippen LogP contribution in [0.1, 0.15) is 18.4 Å². The summed E-state index contributed by atoms with van der Waals surface area (Å²) in [7, 11) is 0. The number of ether oxygens (including phenoxy) is 2. The van der Waals surface area contributed by atoms with Crippen molar-refractivity contribution in [2.45, 2.75) is 19.4 Å². The molecule has 8 nitrogen and oxygen atoms in total. The van der Waals surface area contributed by atoms with Crippen LogP contribution >= 0.6 is 11.6 Å². The molecule has 3 heterocycles. The van der Waals surface area contributed by atoms with Gasteiger partial charge in [0.05, 0.1) is 22.8 Å². The molecular weight excluding hydrogens is 444 g/mol. The highest BCUT2D eigenvalue weighted by atomic mass is 35.5. The average Bonchev–Trinajstić information content (AvgIpc) is 3.48. The number of likely N-dealkylation sites (tertiary alicyclic amines) is 1. The van der Waals surface area contributed by atoms with Gasteiger partial charge in [0, 0.05) is 30.1 Å². The van der Waals surface area contributed by atoms with Crippen molar-refractivity contribution in [3.63, 3.8) is 0 Å². The Balaban J connectivity index is 1.40. The van der Waals surface area contributed by atoms with Crippen molar-refractivity contribution in [3.05, 3.63) is 63.4 Å². The topological polar surface area (TPSA) is 86.9 Å². The van der Waals surface area contributed by atoms with E-state index in [0.29, 0.717) is 39.8 Å². The molecule has 0 spiro atoms. The van der Waals surface area contributed by atoms with Gasteiger partial charge in [-0.2, -0.15) is 0 Å². The lowest BCUT2D eigenvalue weighted by Crippen LogP contribution is -2.41. The summed E-state index contributed by atoms with van der Waals surface area (Å²) < 4.78 is 10.9. The lowest BCUT2D eigenvalue weighted by Gasteiger charge is -2.26. The van der Waals surface area contributed by atoms with Gasteiger partial charge in [0.15, 0.2) is 11.5 Å². The van der Waals surface area contributed by atoms with Crippen LogP contribution < -0.4 is 20.3 Å². The Morgan fingerprint density at radius 1 is 1.12 bits per heavy atom. The van der Waals surface area contributed by atoms with E-state index in [1.54, 1.807) is 23.1 Å². The molecule has 0 bridgehead atoms. The summed E-state index contributed by atoms with van der Waals surface area (Å²) >= 11 is 6.23. The molecule has 2 amide bonds. The number of para-hydroxylation sites is 1. The summed E-state index contributed by atoms with van der Waals surface area (Å²) in [4.78, 5) is 32.9. The number of H-pyrrole nitrogens is 1. The van der Waals surface area contributed by atoms with Crippen molar-refractivity contribution in [1.29, 1.82) is 0 Å². The summed E-state index contributed by atoms with van der Waals surface area (Å²) in [5, 5.41) is 4.17. The second-order valence-corrected chi connectivity index (χ2v) is 8.70. The molecule has 0 atom stereocenters. The number of urea groups is 1. The Morgan fingerprint density at radius 3 is 2.67 bits per heavy atom. The fourth-order valence-corrected chi connectivity index (χ4v) is 4.42. The molecule has 9 heteroatoms. The van der Waals surface area contributed by atoms with Gasteiger partial charge >= 0.3 is 6.03 Å². The molecule has 2 aliphatic heterocycles.